The predicted octanol–water partition coefficient (Wildman–Crippen LogP) is 1.83. The number of nitrogens with one attached hydrogen (secondary N) is 1. The van der Waals surface area contributed by atoms with E-state index >= 15 is 0 Å². The van der Waals surface area contributed by atoms with Crippen molar-refractivity contribution in [2.24, 2.45) is 0 Å². The van der Waals surface area contributed by atoms with Gasteiger partial charge >= 0.3 is 0 Å². The van der Waals surface area contributed by atoms with Gasteiger partial charge in [0.15, 0.2) is 0 Å². The number of aliphatic hydroxyl groups excluding tert-OH is 1. The highest BCUT2D eigenvalue weighted by molar-refractivity contribution is 9.10. The van der Waals surface area contributed by atoms with Crippen molar-refractivity contribution in [2.45, 2.75) is 19.4 Å². The first-order valence-corrected chi connectivity index (χ1v) is 6.86. The molecule has 18 heavy (non-hydrogen) atoms. The first-order valence-electron chi connectivity index (χ1n) is 6.07. The summed E-state index contributed by atoms with van der Waals surface area (Å²) in [4.78, 5) is 13.6. The Balaban J connectivity index is 2.22. The van der Waals surface area contributed by atoms with E-state index in [1.165, 1.54) is 0 Å². The Hall–Kier alpha value is -1.07. The summed E-state index contributed by atoms with van der Waals surface area (Å²) in [5.41, 5.74) is 1.86. The summed E-state index contributed by atoms with van der Waals surface area (Å²) in [5.74, 6) is 0.0585. The van der Waals surface area contributed by atoms with Crippen LogP contribution < -0.4 is 10.2 Å². The second-order valence-electron chi connectivity index (χ2n) is 4.51. The molecule has 98 valence electrons. The quantitative estimate of drug-likeness (QED) is 0.876. The number of amides is 1. The van der Waals surface area contributed by atoms with Crippen LogP contribution in [-0.2, 0) is 4.79 Å². The Morgan fingerprint density at radius 3 is 2.94 bits per heavy atom. The van der Waals surface area contributed by atoms with E-state index in [0.29, 0.717) is 6.54 Å². The maximum atomic E-state index is 11.5. The van der Waals surface area contributed by atoms with E-state index in [-0.39, 0.29) is 5.91 Å². The van der Waals surface area contributed by atoms with E-state index in [2.05, 4.69) is 26.1 Å². The van der Waals surface area contributed by atoms with E-state index in [1.807, 2.05) is 18.2 Å². The number of rotatable bonds is 2. The highest BCUT2D eigenvalue weighted by Gasteiger charge is 2.16. The molecule has 1 aromatic carbocycles. The zero-order valence-corrected chi connectivity index (χ0v) is 11.9. The SMILES string of the molecule is C[C@@H](O)c1ccc(N2CCCNC(=O)C2)cc1Br. The average Bonchev–Trinajstić information content (AvgIpc) is 2.53. The number of anilines is 1. The van der Waals surface area contributed by atoms with E-state index in [9.17, 15) is 9.90 Å². The third-order valence-corrected chi connectivity index (χ3v) is 3.75. The Morgan fingerprint density at radius 1 is 1.50 bits per heavy atom. The largest absolute Gasteiger partial charge is 0.389 e. The van der Waals surface area contributed by atoms with Gasteiger partial charge in [0.25, 0.3) is 0 Å². The fourth-order valence-electron chi connectivity index (χ4n) is 2.08. The van der Waals surface area contributed by atoms with Gasteiger partial charge in [-0.1, -0.05) is 22.0 Å². The first kappa shape index (κ1) is 13.4. The average molecular weight is 313 g/mol. The molecule has 1 saturated heterocycles. The van der Waals surface area contributed by atoms with Crippen LogP contribution in [0.25, 0.3) is 0 Å². The van der Waals surface area contributed by atoms with Crippen LogP contribution in [0.2, 0.25) is 0 Å². The molecule has 1 atom stereocenters. The van der Waals surface area contributed by atoms with Crippen molar-refractivity contribution in [3.8, 4) is 0 Å². The molecule has 1 aliphatic rings. The molecule has 0 aliphatic carbocycles. The molecular weight excluding hydrogens is 296 g/mol. The second kappa shape index (κ2) is 5.71. The molecule has 0 bridgehead atoms. The number of halogens is 1. The lowest BCUT2D eigenvalue weighted by atomic mass is 10.1. The van der Waals surface area contributed by atoms with Crippen molar-refractivity contribution in [1.82, 2.24) is 5.32 Å². The van der Waals surface area contributed by atoms with Crippen LogP contribution in [0.5, 0.6) is 0 Å². The van der Waals surface area contributed by atoms with Gasteiger partial charge in [-0.15, -0.1) is 0 Å². The van der Waals surface area contributed by atoms with Gasteiger partial charge in [-0.25, -0.2) is 0 Å². The molecule has 1 aromatic rings. The molecule has 2 rings (SSSR count). The smallest absolute Gasteiger partial charge is 0.239 e. The molecule has 0 spiro atoms. The molecule has 0 saturated carbocycles. The van der Waals surface area contributed by atoms with Gasteiger partial charge in [-0.2, -0.15) is 0 Å². The second-order valence-corrected chi connectivity index (χ2v) is 5.36. The molecular formula is C13H17BrN2O2. The summed E-state index contributed by atoms with van der Waals surface area (Å²) in [6, 6.07) is 5.80. The molecule has 0 radical (unpaired) electrons. The number of hydrogen-bond acceptors (Lipinski definition) is 3. The van der Waals surface area contributed by atoms with E-state index in [4.69, 9.17) is 0 Å². The van der Waals surface area contributed by atoms with Crippen LogP contribution in [0.3, 0.4) is 0 Å². The monoisotopic (exact) mass is 312 g/mol. The molecule has 4 nitrogen and oxygen atoms in total. The third kappa shape index (κ3) is 3.03. The molecule has 1 aliphatic heterocycles. The Morgan fingerprint density at radius 2 is 2.28 bits per heavy atom. The number of carbonyl (C=O) groups is 1. The highest BCUT2D eigenvalue weighted by atomic mass is 79.9. The van der Waals surface area contributed by atoms with Crippen LogP contribution in [0.15, 0.2) is 22.7 Å². The number of benzene rings is 1. The summed E-state index contributed by atoms with van der Waals surface area (Å²) in [6.07, 6.45) is 0.447. The van der Waals surface area contributed by atoms with Crippen LogP contribution in [0, 0.1) is 0 Å². The molecule has 5 heteroatoms. The molecule has 1 amide bonds. The van der Waals surface area contributed by atoms with Gasteiger partial charge in [0.05, 0.1) is 12.6 Å². The van der Waals surface area contributed by atoms with Gasteiger partial charge in [0, 0.05) is 23.2 Å². The van der Waals surface area contributed by atoms with Gasteiger partial charge in [0.2, 0.25) is 5.91 Å². The minimum atomic E-state index is -0.499. The van der Waals surface area contributed by atoms with Gasteiger partial charge in [0.1, 0.15) is 0 Å². The summed E-state index contributed by atoms with van der Waals surface area (Å²) in [6.45, 7) is 3.72. The molecule has 2 N–H and O–H groups in total. The molecule has 1 fully saturated rings. The van der Waals surface area contributed by atoms with Gasteiger partial charge in [-0.05, 0) is 31.0 Å². The standard InChI is InChI=1S/C13H17BrN2O2/c1-9(17)11-4-3-10(7-12(11)14)16-6-2-5-15-13(18)8-16/h3-4,7,9,17H,2,5-6,8H2,1H3,(H,15,18)/t9-/m1/s1. The van der Waals surface area contributed by atoms with E-state index in [1.54, 1.807) is 6.92 Å². The minimum absolute atomic E-state index is 0.0585. The number of carbonyl (C=O) groups excluding carboxylic acids is 1. The Labute approximate surface area is 115 Å². The van der Waals surface area contributed by atoms with Crippen LogP contribution in [0.1, 0.15) is 25.0 Å². The summed E-state index contributed by atoms with van der Waals surface area (Å²) in [5, 5.41) is 12.4. The lowest BCUT2D eigenvalue weighted by Gasteiger charge is -2.22. The normalized spacial score (nSPS) is 18.2. The van der Waals surface area contributed by atoms with Gasteiger partial charge in [-0.3, -0.25) is 4.79 Å². The van der Waals surface area contributed by atoms with Crippen molar-refractivity contribution < 1.29 is 9.90 Å². The van der Waals surface area contributed by atoms with Crippen molar-refractivity contribution in [2.75, 3.05) is 24.5 Å². The summed E-state index contributed by atoms with van der Waals surface area (Å²) in [7, 11) is 0. The van der Waals surface area contributed by atoms with Crippen molar-refractivity contribution >= 4 is 27.5 Å². The number of hydrogen-bond donors (Lipinski definition) is 2. The van der Waals surface area contributed by atoms with E-state index < -0.39 is 6.10 Å². The minimum Gasteiger partial charge on any atom is -0.389 e. The number of nitrogens with zero attached hydrogens (tertiary/aromatic N) is 1. The van der Waals surface area contributed by atoms with Crippen LogP contribution in [0.4, 0.5) is 5.69 Å². The molecule has 0 aromatic heterocycles. The maximum Gasteiger partial charge on any atom is 0.239 e. The zero-order chi connectivity index (χ0) is 13.1. The maximum absolute atomic E-state index is 11.5. The Bertz CT molecular complexity index is 449. The summed E-state index contributed by atoms with van der Waals surface area (Å²) >= 11 is 3.46. The summed E-state index contributed by atoms with van der Waals surface area (Å²) < 4.78 is 0.875. The first-order chi connectivity index (χ1) is 8.58. The number of aliphatic hydroxyl groups is 1. The lowest BCUT2D eigenvalue weighted by Crippen LogP contribution is -2.33. The van der Waals surface area contributed by atoms with Crippen molar-refractivity contribution in [3.63, 3.8) is 0 Å². The topological polar surface area (TPSA) is 52.6 Å². The fraction of sp³-hybridized carbons (Fsp3) is 0.462. The molecule has 0 unspecified atom stereocenters. The third-order valence-electron chi connectivity index (χ3n) is 3.06. The van der Waals surface area contributed by atoms with Crippen molar-refractivity contribution in [1.29, 1.82) is 0 Å². The predicted molar refractivity (Wildman–Crippen MR) is 74.6 cm³/mol. The van der Waals surface area contributed by atoms with Gasteiger partial charge < -0.3 is 15.3 Å². The molecule has 1 heterocycles. The van der Waals surface area contributed by atoms with Crippen LogP contribution in [-0.4, -0.2) is 30.6 Å². The fourth-order valence-corrected chi connectivity index (χ4v) is 2.78. The Kier molecular flexibility index (Phi) is 4.24. The lowest BCUT2D eigenvalue weighted by molar-refractivity contribution is -0.119. The van der Waals surface area contributed by atoms with Crippen LogP contribution >= 0.6 is 15.9 Å². The van der Waals surface area contributed by atoms with Crippen molar-refractivity contribution in [3.05, 3.63) is 28.2 Å². The zero-order valence-electron chi connectivity index (χ0n) is 10.3. The highest BCUT2D eigenvalue weighted by Crippen LogP contribution is 2.28. The van der Waals surface area contributed by atoms with E-state index in [0.717, 1.165) is 35.2 Å².